The number of benzene rings is 4. The number of carbonyl (C=O) groups excluding carboxylic acids is 2. The molecule has 19 heteroatoms. The summed E-state index contributed by atoms with van der Waals surface area (Å²) in [6.45, 7) is 19.8. The normalized spacial score (nSPS) is 10.4. The summed E-state index contributed by atoms with van der Waals surface area (Å²) in [6, 6.07) is 27.6. The van der Waals surface area contributed by atoms with E-state index < -0.39 is 0 Å². The van der Waals surface area contributed by atoms with E-state index in [2.05, 4.69) is 53.6 Å². The Kier molecular flexibility index (Phi) is 27.8. The van der Waals surface area contributed by atoms with E-state index in [1.165, 1.54) is 12.1 Å². The number of likely N-dealkylation sites (N-methyl/N-ethyl adjacent to an activating group) is 2. The summed E-state index contributed by atoms with van der Waals surface area (Å²) in [7, 11) is 3.73. The van der Waals surface area contributed by atoms with Crippen LogP contribution >= 0.6 is 12.2 Å². The number of nitrogen functional groups attached to an aromatic ring is 1. The van der Waals surface area contributed by atoms with Gasteiger partial charge in [-0.25, -0.2) is 23.7 Å². The van der Waals surface area contributed by atoms with E-state index in [4.69, 9.17) is 20.2 Å². The number of rotatable bonds is 20. The third-order valence-corrected chi connectivity index (χ3v) is 11.9. The molecule has 3 heterocycles. The summed E-state index contributed by atoms with van der Waals surface area (Å²) in [4.78, 5) is 45.3. The molecular weight excluding hydrogens is 1010 g/mol. The van der Waals surface area contributed by atoms with Gasteiger partial charge in [0.25, 0.3) is 0 Å². The van der Waals surface area contributed by atoms with Crippen molar-refractivity contribution >= 4 is 80.6 Å². The quantitative estimate of drug-likeness (QED) is 0.0276. The van der Waals surface area contributed by atoms with Crippen LogP contribution in [0.5, 0.6) is 23.0 Å². The van der Waals surface area contributed by atoms with Crippen LogP contribution in [0.25, 0.3) is 11.0 Å². The average molecular weight is 1090 g/mol. The number of halogens is 2. The molecule has 0 aliphatic carbocycles. The standard InChI is InChI=1S/C28H33FN6O2.C18H25N5O2.C10H10FNS.3CH4/c1-6-35(7-2)17-27(36)33-26-16-21(12-13-30-26)37-20-9-11-25-24(15-20)32-28(34(25)5)31-19-8-10-23(29)22(14-19)18(3)4;1-4-23(5-2)12-18(24)22-17-11-14(8-9-21-17)25-13-6-7-16(20-3)15(19)10-13;1-7(2)9-5-8(12-6-13)3-4-10(9)11;;;/h8-16,18H,6-7,17H2,1-5H3,(H,31,32)(H,30,33,36);6-11,20H,4-5,12,19H2,1-3H3,(H,21,22,24);3-5,7H,1-2H3;3*1H4. The molecule has 0 saturated carbocycles. The number of anilines is 6. The number of hydrogen-bond acceptors (Lipinski definition) is 14. The Morgan fingerprint density at radius 2 is 1.18 bits per heavy atom. The van der Waals surface area contributed by atoms with Crippen molar-refractivity contribution in [3.8, 4) is 23.0 Å². The lowest BCUT2D eigenvalue weighted by molar-refractivity contribution is -0.118. The van der Waals surface area contributed by atoms with Crippen LogP contribution in [-0.2, 0) is 16.6 Å². The minimum absolute atomic E-state index is 0. The molecule has 0 unspecified atom stereocenters. The number of aliphatic imine (C=N–C) groups is 1. The molecule has 7 aromatic rings. The van der Waals surface area contributed by atoms with E-state index in [1.54, 1.807) is 60.9 Å². The molecule has 0 bridgehead atoms. The fraction of sp³-hybridized carbons (Fsp3) is 0.356. The molecule has 4 aromatic carbocycles. The van der Waals surface area contributed by atoms with Crippen LogP contribution in [0.4, 0.5) is 49.1 Å². The van der Waals surface area contributed by atoms with Crippen LogP contribution in [0.15, 0.2) is 114 Å². The zero-order valence-electron chi connectivity index (χ0n) is 44.3. The Labute approximate surface area is 465 Å². The Morgan fingerprint density at radius 3 is 1.67 bits per heavy atom. The topological polar surface area (TPSA) is 189 Å². The number of isothiocyanates is 1. The predicted molar refractivity (Wildman–Crippen MR) is 322 cm³/mol. The SMILES string of the molecule is C.C.C.CC(C)c1cc(N=C=S)ccc1F.CCN(CC)CC(=O)Nc1cc(Oc2ccc(NC)c(N)c2)ccn1.CCN(CC)CC(=O)Nc1cc(Oc2ccc3c(c2)nc(Nc2ccc(F)c(C(C)C)c2)n3C)ccn1. The van der Waals surface area contributed by atoms with Gasteiger partial charge in [-0.15, -0.1) is 0 Å². The van der Waals surface area contributed by atoms with Gasteiger partial charge < -0.3 is 41.0 Å². The Morgan fingerprint density at radius 1 is 0.692 bits per heavy atom. The van der Waals surface area contributed by atoms with Gasteiger partial charge in [-0.05, 0) is 134 Å². The maximum absolute atomic E-state index is 14.1. The smallest absolute Gasteiger partial charge is 0.239 e. The highest BCUT2D eigenvalue weighted by atomic mass is 32.1. The fourth-order valence-corrected chi connectivity index (χ4v) is 7.60. The van der Waals surface area contributed by atoms with Crippen molar-refractivity contribution in [3.05, 3.63) is 132 Å². The second kappa shape index (κ2) is 32.7. The van der Waals surface area contributed by atoms with Gasteiger partial charge >= 0.3 is 0 Å². The molecule has 2 amide bonds. The average Bonchev–Trinajstić information content (AvgIpc) is 3.70. The zero-order valence-corrected chi connectivity index (χ0v) is 45.1. The molecule has 420 valence electrons. The van der Waals surface area contributed by atoms with Crippen molar-refractivity contribution in [2.24, 2.45) is 12.0 Å². The van der Waals surface area contributed by atoms with Gasteiger partial charge in [0.2, 0.25) is 17.8 Å². The summed E-state index contributed by atoms with van der Waals surface area (Å²) in [6.07, 6.45) is 3.19. The summed E-state index contributed by atoms with van der Waals surface area (Å²) in [5, 5.41) is 14.2. The molecular formula is C59H80F2N12O4S. The molecule has 0 saturated heterocycles. The van der Waals surface area contributed by atoms with Crippen molar-refractivity contribution in [1.82, 2.24) is 29.3 Å². The van der Waals surface area contributed by atoms with Crippen LogP contribution in [0, 0.1) is 11.6 Å². The molecule has 0 aliphatic heterocycles. The summed E-state index contributed by atoms with van der Waals surface area (Å²) >= 11 is 4.47. The van der Waals surface area contributed by atoms with Crippen LogP contribution in [0.1, 0.15) is 101 Å². The van der Waals surface area contributed by atoms with Gasteiger partial charge in [-0.2, -0.15) is 4.99 Å². The van der Waals surface area contributed by atoms with Crippen LogP contribution < -0.4 is 36.5 Å². The van der Waals surface area contributed by atoms with E-state index in [0.29, 0.717) is 76.2 Å². The third kappa shape index (κ3) is 19.6. The van der Waals surface area contributed by atoms with Crippen LogP contribution in [0.3, 0.4) is 0 Å². The molecule has 0 radical (unpaired) electrons. The van der Waals surface area contributed by atoms with Crippen LogP contribution in [0.2, 0.25) is 0 Å². The lowest BCUT2D eigenvalue weighted by Gasteiger charge is -2.17. The van der Waals surface area contributed by atoms with E-state index >= 15 is 0 Å². The van der Waals surface area contributed by atoms with E-state index in [1.807, 2.05) is 120 Å². The van der Waals surface area contributed by atoms with Crippen molar-refractivity contribution < 1.29 is 27.8 Å². The summed E-state index contributed by atoms with van der Waals surface area (Å²) in [5.41, 5.74) is 11.8. The first-order chi connectivity index (χ1) is 36.0. The minimum Gasteiger partial charge on any atom is -0.457 e. The Hall–Kier alpha value is -7.83. The van der Waals surface area contributed by atoms with Gasteiger partial charge in [0.05, 0.1) is 46.3 Å². The molecule has 7 rings (SSSR count). The third-order valence-electron chi connectivity index (χ3n) is 11.8. The van der Waals surface area contributed by atoms with Crippen molar-refractivity contribution in [3.63, 3.8) is 0 Å². The number of thiocarbonyl (C=S) groups is 1. The molecule has 16 nitrogen and oxygen atoms in total. The number of nitrogens with one attached hydrogen (secondary N) is 4. The lowest BCUT2D eigenvalue weighted by atomic mass is 10.0. The van der Waals surface area contributed by atoms with Gasteiger partial charge in [-0.1, -0.05) is 77.7 Å². The number of ether oxygens (including phenoxy) is 2. The molecule has 0 atom stereocenters. The number of imidazole rings is 1. The number of aryl methyl sites for hydroxylation is 1. The number of nitrogens with zero attached hydrogens (tertiary/aromatic N) is 7. The molecule has 0 spiro atoms. The van der Waals surface area contributed by atoms with Crippen molar-refractivity contribution in [2.45, 2.75) is 89.5 Å². The number of aromatic nitrogens is 4. The molecule has 0 fully saturated rings. The first-order valence-electron chi connectivity index (χ1n) is 24.8. The summed E-state index contributed by atoms with van der Waals surface area (Å²) < 4.78 is 41.1. The maximum Gasteiger partial charge on any atom is 0.239 e. The number of fused-ring (bicyclic) bond motifs is 1. The highest BCUT2D eigenvalue weighted by molar-refractivity contribution is 7.78. The number of carbonyl (C=O) groups is 2. The Bertz CT molecular complexity index is 3070. The largest absolute Gasteiger partial charge is 0.457 e. The second-order valence-corrected chi connectivity index (χ2v) is 17.9. The van der Waals surface area contributed by atoms with Gasteiger partial charge in [-0.3, -0.25) is 19.4 Å². The zero-order chi connectivity index (χ0) is 54.6. The Balaban J connectivity index is 0.000000439. The second-order valence-electron chi connectivity index (χ2n) is 17.7. The van der Waals surface area contributed by atoms with Crippen molar-refractivity contribution in [2.75, 3.05) is 73.3 Å². The first kappa shape index (κ1) is 66.3. The van der Waals surface area contributed by atoms with E-state index in [-0.39, 0.29) is 57.6 Å². The number of nitrogens with two attached hydrogens (primary N) is 1. The molecule has 0 aliphatic rings. The molecule has 6 N–H and O–H groups in total. The minimum atomic E-state index is -0.213. The van der Waals surface area contributed by atoms with Gasteiger partial charge in [0.1, 0.15) is 46.3 Å². The number of hydrogen-bond donors (Lipinski definition) is 5. The van der Waals surface area contributed by atoms with E-state index in [9.17, 15) is 18.4 Å². The number of amides is 2. The highest BCUT2D eigenvalue weighted by Gasteiger charge is 2.15. The first-order valence-corrected chi connectivity index (χ1v) is 25.2. The highest BCUT2D eigenvalue weighted by Crippen LogP contribution is 2.31. The monoisotopic (exact) mass is 1090 g/mol. The predicted octanol–water partition coefficient (Wildman–Crippen LogP) is 14.4. The van der Waals surface area contributed by atoms with Crippen LogP contribution in [-0.4, -0.2) is 92.6 Å². The molecule has 3 aromatic heterocycles. The summed E-state index contributed by atoms with van der Waals surface area (Å²) in [5.74, 6) is 3.46. The van der Waals surface area contributed by atoms with Gasteiger partial charge in [0, 0.05) is 56.4 Å². The van der Waals surface area contributed by atoms with Gasteiger partial charge in [0.15, 0.2) is 0 Å². The maximum atomic E-state index is 14.1. The molecule has 78 heavy (non-hydrogen) atoms. The lowest BCUT2D eigenvalue weighted by Crippen LogP contribution is -2.33. The van der Waals surface area contributed by atoms with Crippen molar-refractivity contribution in [1.29, 1.82) is 0 Å². The van der Waals surface area contributed by atoms with E-state index in [0.717, 1.165) is 48.6 Å². The fourth-order valence-electron chi connectivity index (χ4n) is 7.50. The number of pyridine rings is 2.